The second-order valence-corrected chi connectivity index (χ2v) is 4.90. The molecule has 108 valence electrons. The number of carbonyl (C=O) groups is 2. The highest BCUT2D eigenvalue weighted by atomic mass is 79.9. The van der Waals surface area contributed by atoms with Gasteiger partial charge in [0.05, 0.1) is 18.2 Å². The predicted octanol–water partition coefficient (Wildman–Crippen LogP) is 2.80. The van der Waals surface area contributed by atoms with E-state index in [1.165, 1.54) is 19.4 Å². The zero-order valence-corrected chi connectivity index (χ0v) is 12.5. The van der Waals surface area contributed by atoms with Crippen molar-refractivity contribution in [3.8, 4) is 5.88 Å². The van der Waals surface area contributed by atoms with E-state index in [1.54, 1.807) is 24.3 Å². The molecule has 6 nitrogen and oxygen atoms in total. The fourth-order valence-corrected chi connectivity index (χ4v) is 2.02. The van der Waals surface area contributed by atoms with Crippen molar-refractivity contribution in [1.29, 1.82) is 0 Å². The van der Waals surface area contributed by atoms with Crippen LogP contribution in [0.5, 0.6) is 5.88 Å². The summed E-state index contributed by atoms with van der Waals surface area (Å²) in [6, 6.07) is 7.68. The maximum Gasteiger partial charge on any atom is 0.336 e. The predicted molar refractivity (Wildman–Crippen MR) is 79.8 cm³/mol. The van der Waals surface area contributed by atoms with E-state index in [2.05, 4.69) is 26.2 Å². The van der Waals surface area contributed by atoms with Crippen LogP contribution in [0.2, 0.25) is 0 Å². The summed E-state index contributed by atoms with van der Waals surface area (Å²) in [5, 5.41) is 11.6. The first-order chi connectivity index (χ1) is 10.0. The number of nitrogens with zero attached hydrogens (tertiary/aromatic N) is 1. The molecule has 1 amide bonds. The van der Waals surface area contributed by atoms with E-state index in [1.807, 2.05) is 0 Å². The molecule has 1 aromatic heterocycles. The van der Waals surface area contributed by atoms with E-state index in [0.717, 1.165) is 0 Å². The lowest BCUT2D eigenvalue weighted by atomic mass is 10.2. The highest BCUT2D eigenvalue weighted by Gasteiger charge is 2.12. The van der Waals surface area contributed by atoms with Crippen LogP contribution in [-0.4, -0.2) is 29.1 Å². The van der Waals surface area contributed by atoms with Gasteiger partial charge in [0.1, 0.15) is 0 Å². The van der Waals surface area contributed by atoms with Gasteiger partial charge in [0.2, 0.25) is 5.88 Å². The summed E-state index contributed by atoms with van der Waals surface area (Å²) in [5.41, 5.74) is 0.799. The Morgan fingerprint density at radius 2 is 2.05 bits per heavy atom. The SMILES string of the molecule is COc1ccc(C(=O)Nc2ccc(Br)c(C(=O)O)c2)cn1. The van der Waals surface area contributed by atoms with Crippen molar-refractivity contribution >= 4 is 33.5 Å². The first-order valence-electron chi connectivity index (χ1n) is 5.85. The standard InChI is InChI=1S/C14H11BrN2O4/c1-21-12-5-2-8(7-16-12)13(18)17-9-3-4-11(15)10(6-9)14(19)20/h2-7H,1H3,(H,17,18)(H,19,20). The van der Waals surface area contributed by atoms with Crippen LogP contribution in [0.4, 0.5) is 5.69 Å². The summed E-state index contributed by atoms with van der Waals surface area (Å²) in [7, 11) is 1.48. The Morgan fingerprint density at radius 3 is 2.62 bits per heavy atom. The number of aromatic carboxylic acids is 1. The van der Waals surface area contributed by atoms with Crippen molar-refractivity contribution in [1.82, 2.24) is 4.98 Å². The molecular weight excluding hydrogens is 340 g/mol. The van der Waals surface area contributed by atoms with E-state index >= 15 is 0 Å². The fourth-order valence-electron chi connectivity index (χ4n) is 1.61. The first-order valence-corrected chi connectivity index (χ1v) is 6.65. The average molecular weight is 351 g/mol. The smallest absolute Gasteiger partial charge is 0.336 e. The van der Waals surface area contributed by atoms with Crippen LogP contribution in [0.1, 0.15) is 20.7 Å². The average Bonchev–Trinajstić information content (AvgIpc) is 2.49. The van der Waals surface area contributed by atoms with Crippen LogP contribution in [0.15, 0.2) is 41.0 Å². The number of carboxylic acids is 1. The van der Waals surface area contributed by atoms with E-state index < -0.39 is 5.97 Å². The minimum absolute atomic E-state index is 0.0701. The Labute approximate surface area is 128 Å². The number of hydrogen-bond acceptors (Lipinski definition) is 4. The molecule has 2 aromatic rings. The molecule has 0 atom stereocenters. The molecular formula is C14H11BrN2O4. The normalized spacial score (nSPS) is 10.0. The number of rotatable bonds is 4. The molecule has 0 aliphatic heterocycles. The van der Waals surface area contributed by atoms with Gasteiger partial charge >= 0.3 is 5.97 Å². The third kappa shape index (κ3) is 3.57. The molecule has 0 spiro atoms. The number of methoxy groups -OCH3 is 1. The molecule has 0 bridgehead atoms. The Morgan fingerprint density at radius 1 is 1.29 bits per heavy atom. The zero-order valence-electron chi connectivity index (χ0n) is 11.0. The monoisotopic (exact) mass is 350 g/mol. The molecule has 0 saturated heterocycles. The third-order valence-electron chi connectivity index (χ3n) is 2.66. The molecule has 0 aliphatic rings. The minimum atomic E-state index is -1.08. The van der Waals surface area contributed by atoms with Crippen molar-refractivity contribution < 1.29 is 19.4 Å². The molecule has 2 N–H and O–H groups in total. The number of pyridine rings is 1. The molecule has 1 heterocycles. The zero-order chi connectivity index (χ0) is 15.4. The van der Waals surface area contributed by atoms with Gasteiger partial charge in [0, 0.05) is 22.4 Å². The van der Waals surface area contributed by atoms with Crippen molar-refractivity contribution in [3.63, 3.8) is 0 Å². The highest BCUT2D eigenvalue weighted by Crippen LogP contribution is 2.21. The van der Waals surface area contributed by atoms with Crippen LogP contribution in [-0.2, 0) is 0 Å². The van der Waals surface area contributed by atoms with Crippen molar-refractivity contribution in [2.75, 3.05) is 12.4 Å². The van der Waals surface area contributed by atoms with Crippen LogP contribution in [0.25, 0.3) is 0 Å². The van der Waals surface area contributed by atoms with Gasteiger partial charge in [-0.15, -0.1) is 0 Å². The number of anilines is 1. The van der Waals surface area contributed by atoms with Crippen molar-refractivity contribution in [2.24, 2.45) is 0 Å². The molecule has 0 fully saturated rings. The molecule has 1 aromatic carbocycles. The van der Waals surface area contributed by atoms with E-state index in [9.17, 15) is 9.59 Å². The van der Waals surface area contributed by atoms with Crippen LogP contribution in [0, 0.1) is 0 Å². The molecule has 0 aliphatic carbocycles. The van der Waals surface area contributed by atoms with Gasteiger partial charge in [-0.25, -0.2) is 9.78 Å². The molecule has 0 saturated carbocycles. The number of carboxylic acid groups (broad SMARTS) is 1. The lowest BCUT2D eigenvalue weighted by Gasteiger charge is -2.07. The summed E-state index contributed by atoms with van der Waals surface area (Å²) in [6.07, 6.45) is 1.38. The van der Waals surface area contributed by atoms with Crippen molar-refractivity contribution in [2.45, 2.75) is 0 Å². The first kappa shape index (κ1) is 15.0. The third-order valence-corrected chi connectivity index (χ3v) is 3.35. The minimum Gasteiger partial charge on any atom is -0.481 e. The maximum absolute atomic E-state index is 12.0. The molecule has 0 unspecified atom stereocenters. The fraction of sp³-hybridized carbons (Fsp3) is 0.0714. The van der Waals surface area contributed by atoms with Gasteiger partial charge in [-0.2, -0.15) is 0 Å². The Kier molecular flexibility index (Phi) is 4.54. The molecule has 7 heteroatoms. The number of nitrogens with one attached hydrogen (secondary N) is 1. The summed E-state index contributed by atoms with van der Waals surface area (Å²) in [5.74, 6) is -1.06. The lowest BCUT2D eigenvalue weighted by Crippen LogP contribution is -2.13. The Hall–Kier alpha value is -2.41. The molecule has 21 heavy (non-hydrogen) atoms. The molecule has 2 rings (SSSR count). The Balaban J connectivity index is 2.19. The number of halogens is 1. The lowest BCUT2D eigenvalue weighted by molar-refractivity contribution is 0.0695. The summed E-state index contributed by atoms with van der Waals surface area (Å²) in [4.78, 5) is 27.0. The van der Waals surface area contributed by atoms with Crippen molar-refractivity contribution in [3.05, 3.63) is 52.1 Å². The van der Waals surface area contributed by atoms with Gasteiger partial charge in [0.15, 0.2) is 0 Å². The highest BCUT2D eigenvalue weighted by molar-refractivity contribution is 9.10. The number of benzene rings is 1. The Bertz CT molecular complexity index is 686. The van der Waals surface area contributed by atoms with E-state index in [4.69, 9.17) is 9.84 Å². The number of ether oxygens (including phenoxy) is 1. The largest absolute Gasteiger partial charge is 0.481 e. The summed E-state index contributed by atoms with van der Waals surface area (Å²) in [6.45, 7) is 0. The number of aromatic nitrogens is 1. The number of amides is 1. The van der Waals surface area contributed by atoms with E-state index in [-0.39, 0.29) is 11.5 Å². The number of carbonyl (C=O) groups excluding carboxylic acids is 1. The summed E-state index contributed by atoms with van der Waals surface area (Å²) >= 11 is 3.14. The molecule has 0 radical (unpaired) electrons. The quantitative estimate of drug-likeness (QED) is 0.884. The van der Waals surface area contributed by atoms with Gasteiger partial charge in [0.25, 0.3) is 5.91 Å². The number of hydrogen-bond donors (Lipinski definition) is 2. The van der Waals surface area contributed by atoms with Gasteiger partial charge < -0.3 is 15.2 Å². The van der Waals surface area contributed by atoms with Gasteiger partial charge in [-0.3, -0.25) is 4.79 Å². The van der Waals surface area contributed by atoms with Gasteiger partial charge in [-0.05, 0) is 40.2 Å². The van der Waals surface area contributed by atoms with Gasteiger partial charge in [-0.1, -0.05) is 0 Å². The van der Waals surface area contributed by atoms with Crippen LogP contribution >= 0.6 is 15.9 Å². The topological polar surface area (TPSA) is 88.5 Å². The van der Waals surface area contributed by atoms with Crippen LogP contribution < -0.4 is 10.1 Å². The second kappa shape index (κ2) is 6.36. The van der Waals surface area contributed by atoms with E-state index in [0.29, 0.717) is 21.6 Å². The summed E-state index contributed by atoms with van der Waals surface area (Å²) < 4.78 is 5.35. The second-order valence-electron chi connectivity index (χ2n) is 4.04. The maximum atomic E-state index is 12.0. The van der Waals surface area contributed by atoms with Crippen LogP contribution in [0.3, 0.4) is 0 Å².